The number of rotatable bonds is 3. The minimum atomic E-state index is -0.223. The maximum atomic E-state index is 11.1. The Bertz CT molecular complexity index is 429. The Morgan fingerprint density at radius 1 is 1.62 bits per heavy atom. The van der Waals surface area contributed by atoms with E-state index in [1.165, 1.54) is 12.7 Å². The minimum Gasteiger partial charge on any atom is -0.469 e. The molecule has 0 radical (unpaired) electrons. The van der Waals surface area contributed by atoms with E-state index in [9.17, 15) is 4.79 Å². The summed E-state index contributed by atoms with van der Waals surface area (Å²) in [6, 6.07) is 5.93. The van der Waals surface area contributed by atoms with E-state index in [0.717, 1.165) is 24.0 Å². The van der Waals surface area contributed by atoms with Crippen LogP contribution < -0.4 is 0 Å². The van der Waals surface area contributed by atoms with Gasteiger partial charge in [0.15, 0.2) is 0 Å². The van der Waals surface area contributed by atoms with E-state index in [0.29, 0.717) is 6.42 Å². The summed E-state index contributed by atoms with van der Waals surface area (Å²) in [5.41, 5.74) is 10.4. The van der Waals surface area contributed by atoms with Gasteiger partial charge in [-0.25, -0.2) is 5.53 Å². The van der Waals surface area contributed by atoms with Crippen molar-refractivity contribution in [1.82, 2.24) is 0 Å². The normalized spacial score (nSPS) is 17.9. The summed E-state index contributed by atoms with van der Waals surface area (Å²) in [6.07, 6.45) is 2.16. The van der Waals surface area contributed by atoms with Gasteiger partial charge in [0.05, 0.1) is 19.6 Å². The summed E-state index contributed by atoms with van der Waals surface area (Å²) in [5, 5.41) is 3.59. The monoisotopic (exact) mass is 218 g/mol. The SMILES string of the molecule is COC(=O)Cc1ccc2c(c1)CC[C@@H]2N=N. The zero-order valence-corrected chi connectivity index (χ0v) is 9.19. The number of hydrogen-bond acceptors (Lipinski definition) is 4. The van der Waals surface area contributed by atoms with E-state index < -0.39 is 0 Å². The van der Waals surface area contributed by atoms with E-state index in [4.69, 9.17) is 5.53 Å². The van der Waals surface area contributed by atoms with Crippen LogP contribution in [0.5, 0.6) is 0 Å². The summed E-state index contributed by atoms with van der Waals surface area (Å²) in [5.74, 6) is -0.223. The number of nitrogens with zero attached hydrogens (tertiary/aromatic N) is 1. The molecular formula is C12H14N2O2. The summed E-state index contributed by atoms with van der Waals surface area (Å²) in [6.45, 7) is 0. The van der Waals surface area contributed by atoms with Crippen molar-refractivity contribution in [1.29, 1.82) is 5.53 Å². The number of aryl methyl sites for hydroxylation is 1. The van der Waals surface area contributed by atoms with E-state index in [1.807, 2.05) is 18.2 Å². The van der Waals surface area contributed by atoms with E-state index in [2.05, 4.69) is 9.85 Å². The van der Waals surface area contributed by atoms with Crippen LogP contribution in [0.15, 0.2) is 23.3 Å². The smallest absolute Gasteiger partial charge is 0.309 e. The first-order valence-corrected chi connectivity index (χ1v) is 5.29. The first kappa shape index (κ1) is 10.8. The van der Waals surface area contributed by atoms with Crippen molar-refractivity contribution >= 4 is 5.97 Å². The molecular weight excluding hydrogens is 204 g/mol. The topological polar surface area (TPSA) is 62.5 Å². The van der Waals surface area contributed by atoms with Crippen molar-refractivity contribution in [3.8, 4) is 0 Å². The molecule has 0 saturated heterocycles. The van der Waals surface area contributed by atoms with Crippen molar-refractivity contribution in [3.05, 3.63) is 34.9 Å². The van der Waals surface area contributed by atoms with Gasteiger partial charge in [0.2, 0.25) is 0 Å². The molecule has 0 unspecified atom stereocenters. The molecule has 1 atom stereocenters. The van der Waals surface area contributed by atoms with Gasteiger partial charge >= 0.3 is 5.97 Å². The lowest BCUT2D eigenvalue weighted by molar-refractivity contribution is -0.139. The second kappa shape index (κ2) is 4.43. The molecule has 1 aliphatic carbocycles. The van der Waals surface area contributed by atoms with Crippen LogP contribution in [0, 0.1) is 5.53 Å². The van der Waals surface area contributed by atoms with Gasteiger partial charge in [0, 0.05) is 0 Å². The highest BCUT2D eigenvalue weighted by atomic mass is 16.5. The van der Waals surface area contributed by atoms with E-state index in [-0.39, 0.29) is 12.0 Å². The number of methoxy groups -OCH3 is 1. The predicted molar refractivity (Wildman–Crippen MR) is 58.4 cm³/mol. The van der Waals surface area contributed by atoms with Crippen molar-refractivity contribution in [3.63, 3.8) is 0 Å². The lowest BCUT2D eigenvalue weighted by Crippen LogP contribution is -2.04. The molecule has 1 aliphatic rings. The minimum absolute atomic E-state index is 0.0159. The fraction of sp³-hybridized carbons (Fsp3) is 0.417. The lowest BCUT2D eigenvalue weighted by atomic mass is 10.0. The van der Waals surface area contributed by atoms with Crippen LogP contribution in [0.4, 0.5) is 0 Å². The first-order valence-electron chi connectivity index (χ1n) is 5.29. The van der Waals surface area contributed by atoms with Crippen LogP contribution in [0.25, 0.3) is 0 Å². The molecule has 1 aromatic rings. The van der Waals surface area contributed by atoms with Gasteiger partial charge in [-0.15, -0.1) is 0 Å². The number of ether oxygens (including phenoxy) is 1. The molecule has 4 nitrogen and oxygen atoms in total. The number of carbonyl (C=O) groups excluding carboxylic acids is 1. The first-order chi connectivity index (χ1) is 7.74. The van der Waals surface area contributed by atoms with Gasteiger partial charge in [-0.05, 0) is 29.5 Å². The molecule has 2 rings (SSSR count). The number of hydrogen-bond donors (Lipinski definition) is 1. The Morgan fingerprint density at radius 2 is 2.44 bits per heavy atom. The lowest BCUT2D eigenvalue weighted by Gasteiger charge is -2.06. The quantitative estimate of drug-likeness (QED) is 0.625. The maximum Gasteiger partial charge on any atom is 0.309 e. The summed E-state index contributed by atoms with van der Waals surface area (Å²) >= 11 is 0. The molecule has 1 N–H and O–H groups in total. The molecule has 84 valence electrons. The fourth-order valence-corrected chi connectivity index (χ4v) is 2.13. The Hall–Kier alpha value is -1.71. The Balaban J connectivity index is 2.21. The van der Waals surface area contributed by atoms with Gasteiger partial charge in [0.1, 0.15) is 0 Å². The number of benzene rings is 1. The molecule has 1 aromatic carbocycles. The second-order valence-electron chi connectivity index (χ2n) is 3.97. The van der Waals surface area contributed by atoms with Gasteiger partial charge in [-0.3, -0.25) is 4.79 Å². The fourth-order valence-electron chi connectivity index (χ4n) is 2.13. The summed E-state index contributed by atoms with van der Waals surface area (Å²) in [7, 11) is 1.39. The van der Waals surface area contributed by atoms with Crippen LogP contribution >= 0.6 is 0 Å². The highest BCUT2D eigenvalue weighted by Gasteiger charge is 2.22. The van der Waals surface area contributed by atoms with Crippen molar-refractivity contribution in [2.45, 2.75) is 25.3 Å². The number of nitrogens with one attached hydrogen (secondary N) is 1. The van der Waals surface area contributed by atoms with Gasteiger partial charge in [0.25, 0.3) is 0 Å². The van der Waals surface area contributed by atoms with Crippen molar-refractivity contribution in [2.75, 3.05) is 7.11 Å². The van der Waals surface area contributed by atoms with Crippen LogP contribution in [-0.4, -0.2) is 13.1 Å². The van der Waals surface area contributed by atoms with Gasteiger partial charge < -0.3 is 4.74 Å². The van der Waals surface area contributed by atoms with Crippen LogP contribution in [0.3, 0.4) is 0 Å². The average molecular weight is 218 g/mol. The Kier molecular flexibility index (Phi) is 2.99. The molecule has 0 aromatic heterocycles. The molecule has 4 heteroatoms. The number of fused-ring (bicyclic) bond motifs is 1. The van der Waals surface area contributed by atoms with Crippen molar-refractivity contribution in [2.24, 2.45) is 5.11 Å². The maximum absolute atomic E-state index is 11.1. The standard InChI is InChI=1S/C12H14N2O2/c1-16-12(15)7-8-2-4-10-9(6-8)3-5-11(10)14-13/h2,4,6,11,13H,3,5,7H2,1H3/t11-/m0/s1. The third-order valence-corrected chi connectivity index (χ3v) is 2.99. The largest absolute Gasteiger partial charge is 0.469 e. The zero-order valence-electron chi connectivity index (χ0n) is 9.19. The molecule has 0 fully saturated rings. The van der Waals surface area contributed by atoms with E-state index >= 15 is 0 Å². The molecule has 0 bridgehead atoms. The van der Waals surface area contributed by atoms with Gasteiger partial charge in [-0.1, -0.05) is 18.2 Å². The molecule has 16 heavy (non-hydrogen) atoms. The van der Waals surface area contributed by atoms with Crippen LogP contribution in [-0.2, 0) is 22.4 Å². The van der Waals surface area contributed by atoms with Crippen LogP contribution in [0.2, 0.25) is 0 Å². The van der Waals surface area contributed by atoms with Crippen LogP contribution in [0.1, 0.15) is 29.2 Å². The highest BCUT2D eigenvalue weighted by molar-refractivity contribution is 5.72. The predicted octanol–water partition coefficient (Wildman–Crippen LogP) is 2.42. The molecule has 0 heterocycles. The third-order valence-electron chi connectivity index (χ3n) is 2.99. The molecule has 0 amide bonds. The second-order valence-corrected chi connectivity index (χ2v) is 3.97. The Labute approximate surface area is 94.1 Å². The van der Waals surface area contributed by atoms with E-state index in [1.54, 1.807) is 0 Å². The summed E-state index contributed by atoms with van der Waals surface area (Å²) in [4.78, 5) is 11.1. The zero-order chi connectivity index (χ0) is 11.5. The number of carbonyl (C=O) groups is 1. The molecule has 0 saturated carbocycles. The number of esters is 1. The highest BCUT2D eigenvalue weighted by Crippen LogP contribution is 2.34. The van der Waals surface area contributed by atoms with Gasteiger partial charge in [-0.2, -0.15) is 5.11 Å². The Morgan fingerprint density at radius 3 is 3.12 bits per heavy atom. The molecule has 0 spiro atoms. The summed E-state index contributed by atoms with van der Waals surface area (Å²) < 4.78 is 4.63. The molecule has 0 aliphatic heterocycles. The average Bonchev–Trinajstić information content (AvgIpc) is 2.71. The van der Waals surface area contributed by atoms with Crippen molar-refractivity contribution < 1.29 is 9.53 Å². The third kappa shape index (κ3) is 1.96.